The van der Waals surface area contributed by atoms with Crippen LogP contribution in [0, 0.1) is 17.2 Å². The predicted octanol–water partition coefficient (Wildman–Crippen LogP) is 2.79. The molecule has 1 aromatic carbocycles. The van der Waals surface area contributed by atoms with Gasteiger partial charge in [0.1, 0.15) is 5.41 Å². The summed E-state index contributed by atoms with van der Waals surface area (Å²) >= 11 is 0. The highest BCUT2D eigenvalue weighted by Crippen LogP contribution is 2.27. The highest BCUT2D eigenvalue weighted by molar-refractivity contribution is 5.83. The second-order valence-corrected chi connectivity index (χ2v) is 6.26. The number of rotatable bonds is 5. The van der Waals surface area contributed by atoms with Crippen LogP contribution in [0.3, 0.4) is 0 Å². The van der Waals surface area contributed by atoms with Crippen molar-refractivity contribution >= 4 is 5.97 Å². The smallest absolute Gasteiger partial charge is 0.317 e. The number of nitriles is 1. The van der Waals surface area contributed by atoms with E-state index in [0.717, 1.165) is 31.2 Å². The van der Waals surface area contributed by atoms with Gasteiger partial charge in [-0.15, -0.1) is 0 Å². The highest BCUT2D eigenvalue weighted by Gasteiger charge is 2.37. The lowest BCUT2D eigenvalue weighted by atomic mass is 9.81. The van der Waals surface area contributed by atoms with Gasteiger partial charge in [-0.1, -0.05) is 36.8 Å². The van der Waals surface area contributed by atoms with E-state index < -0.39 is 5.41 Å². The maximum absolute atomic E-state index is 12.3. The normalized spacial score (nSPS) is 24.0. The summed E-state index contributed by atoms with van der Waals surface area (Å²) in [6.07, 6.45) is 3.98. The van der Waals surface area contributed by atoms with Crippen LogP contribution in [0.1, 0.15) is 38.2 Å². The summed E-state index contributed by atoms with van der Waals surface area (Å²) in [5.74, 6) is -0.105. The van der Waals surface area contributed by atoms with Gasteiger partial charge in [-0.3, -0.25) is 4.79 Å². The molecule has 4 heteroatoms. The van der Waals surface area contributed by atoms with Gasteiger partial charge in [0.25, 0.3) is 0 Å². The minimum atomic E-state index is -0.713. The topological polar surface area (TPSA) is 62.1 Å². The molecule has 2 rings (SSSR count). The van der Waals surface area contributed by atoms with Crippen molar-refractivity contribution in [2.45, 2.75) is 44.1 Å². The molecule has 0 bridgehead atoms. The third-order valence-electron chi connectivity index (χ3n) is 4.65. The Morgan fingerprint density at radius 1 is 1.41 bits per heavy atom. The Kier molecular flexibility index (Phi) is 5.57. The molecule has 1 aromatic rings. The lowest BCUT2D eigenvalue weighted by molar-refractivity contribution is -0.146. The van der Waals surface area contributed by atoms with Crippen LogP contribution in [0.15, 0.2) is 30.3 Å². The van der Waals surface area contributed by atoms with Crippen molar-refractivity contribution in [2.24, 2.45) is 5.92 Å². The number of hydrogen-bond donors (Lipinski definition) is 1. The molecule has 0 amide bonds. The van der Waals surface area contributed by atoms with Gasteiger partial charge in [0, 0.05) is 18.5 Å². The molecular formula is C18H24N2O2. The number of nitrogens with zero attached hydrogens (tertiary/aromatic N) is 1. The molecule has 1 fully saturated rings. The first kappa shape index (κ1) is 16.5. The molecule has 0 radical (unpaired) electrons. The number of esters is 1. The molecule has 3 atom stereocenters. The zero-order valence-corrected chi connectivity index (χ0v) is 13.3. The highest BCUT2D eigenvalue weighted by atomic mass is 16.5. The molecule has 1 saturated carbocycles. The Labute approximate surface area is 132 Å². The summed E-state index contributed by atoms with van der Waals surface area (Å²) < 4.78 is 5.02. The fourth-order valence-electron chi connectivity index (χ4n) is 3.16. The number of carbonyl (C=O) groups is 1. The van der Waals surface area contributed by atoms with E-state index in [1.807, 2.05) is 37.3 Å². The fraction of sp³-hybridized carbons (Fsp3) is 0.556. The third kappa shape index (κ3) is 3.66. The standard InChI is InChI=1S/C18H24N2O2/c1-18(17(21)22-2,15-8-4-3-5-9-15)13-20-16-10-6-7-14(11-16)12-19/h3-5,8-9,14,16,20H,6-7,10-11,13H2,1-2H3. The van der Waals surface area contributed by atoms with E-state index in [2.05, 4.69) is 11.4 Å². The van der Waals surface area contributed by atoms with Gasteiger partial charge in [0.15, 0.2) is 0 Å². The van der Waals surface area contributed by atoms with Gasteiger partial charge >= 0.3 is 5.97 Å². The Morgan fingerprint density at radius 3 is 2.77 bits per heavy atom. The maximum Gasteiger partial charge on any atom is 0.317 e. The summed E-state index contributed by atoms with van der Waals surface area (Å²) in [5, 5.41) is 12.6. The quantitative estimate of drug-likeness (QED) is 0.849. The number of nitrogens with one attached hydrogen (secondary N) is 1. The molecule has 22 heavy (non-hydrogen) atoms. The molecule has 0 spiro atoms. The first-order chi connectivity index (χ1) is 10.6. The number of ether oxygens (including phenoxy) is 1. The molecule has 1 N–H and O–H groups in total. The first-order valence-electron chi connectivity index (χ1n) is 7.87. The minimum absolute atomic E-state index is 0.132. The zero-order valence-electron chi connectivity index (χ0n) is 13.3. The Bertz CT molecular complexity index is 538. The van der Waals surface area contributed by atoms with Crippen LogP contribution in [0.25, 0.3) is 0 Å². The first-order valence-corrected chi connectivity index (χ1v) is 7.87. The summed E-state index contributed by atoms with van der Waals surface area (Å²) in [7, 11) is 1.43. The third-order valence-corrected chi connectivity index (χ3v) is 4.65. The molecule has 4 nitrogen and oxygen atoms in total. The average Bonchev–Trinajstić information content (AvgIpc) is 2.59. The second-order valence-electron chi connectivity index (χ2n) is 6.26. The average molecular weight is 300 g/mol. The van der Waals surface area contributed by atoms with Gasteiger partial charge in [-0.2, -0.15) is 5.26 Å². The number of carbonyl (C=O) groups excluding carboxylic acids is 1. The summed E-state index contributed by atoms with van der Waals surface area (Å²) in [4.78, 5) is 12.3. The van der Waals surface area contributed by atoms with E-state index in [-0.39, 0.29) is 11.9 Å². The molecule has 3 unspecified atom stereocenters. The van der Waals surface area contributed by atoms with E-state index in [1.54, 1.807) is 0 Å². The van der Waals surface area contributed by atoms with Gasteiger partial charge in [-0.25, -0.2) is 0 Å². The summed E-state index contributed by atoms with van der Waals surface area (Å²) in [6.45, 7) is 2.43. The molecule has 1 aliphatic carbocycles. The molecule has 0 heterocycles. The SMILES string of the molecule is COC(=O)C(C)(CNC1CCCC(C#N)C1)c1ccccc1. The summed E-state index contributed by atoms with van der Waals surface area (Å²) in [5.41, 5.74) is 0.234. The van der Waals surface area contributed by atoms with Crippen molar-refractivity contribution in [1.29, 1.82) is 5.26 Å². The van der Waals surface area contributed by atoms with Crippen molar-refractivity contribution in [3.05, 3.63) is 35.9 Å². The molecular weight excluding hydrogens is 276 g/mol. The van der Waals surface area contributed by atoms with Crippen molar-refractivity contribution in [3.63, 3.8) is 0 Å². The molecule has 0 aliphatic heterocycles. The van der Waals surface area contributed by atoms with Gasteiger partial charge in [-0.05, 0) is 31.7 Å². The second kappa shape index (κ2) is 7.42. The van der Waals surface area contributed by atoms with Crippen molar-refractivity contribution < 1.29 is 9.53 Å². The molecule has 1 aliphatic rings. The van der Waals surface area contributed by atoms with E-state index in [1.165, 1.54) is 7.11 Å². The van der Waals surface area contributed by atoms with Crippen molar-refractivity contribution in [2.75, 3.05) is 13.7 Å². The van der Waals surface area contributed by atoms with Crippen LogP contribution >= 0.6 is 0 Å². The van der Waals surface area contributed by atoms with E-state index in [4.69, 9.17) is 10.00 Å². The Balaban J connectivity index is 2.08. The number of methoxy groups -OCH3 is 1. The van der Waals surface area contributed by atoms with Crippen LogP contribution < -0.4 is 5.32 Å². The lowest BCUT2D eigenvalue weighted by Crippen LogP contribution is -2.47. The van der Waals surface area contributed by atoms with E-state index >= 15 is 0 Å². The number of benzene rings is 1. The van der Waals surface area contributed by atoms with Gasteiger partial charge in [0.2, 0.25) is 0 Å². The molecule has 118 valence electrons. The molecule has 0 aromatic heterocycles. The zero-order chi connectivity index (χ0) is 16.0. The largest absolute Gasteiger partial charge is 0.468 e. The summed E-state index contributed by atoms with van der Waals surface area (Å²) in [6, 6.07) is 12.4. The predicted molar refractivity (Wildman–Crippen MR) is 85.2 cm³/mol. The van der Waals surface area contributed by atoms with E-state index in [9.17, 15) is 4.79 Å². The fourth-order valence-corrected chi connectivity index (χ4v) is 3.16. The number of hydrogen-bond acceptors (Lipinski definition) is 4. The van der Waals surface area contributed by atoms with Crippen LogP contribution in [0.5, 0.6) is 0 Å². The van der Waals surface area contributed by atoms with Crippen LogP contribution in [-0.2, 0) is 14.9 Å². The Hall–Kier alpha value is -1.86. The monoisotopic (exact) mass is 300 g/mol. The van der Waals surface area contributed by atoms with Crippen molar-refractivity contribution in [3.8, 4) is 6.07 Å². The van der Waals surface area contributed by atoms with Gasteiger partial charge < -0.3 is 10.1 Å². The molecule has 0 saturated heterocycles. The maximum atomic E-state index is 12.3. The van der Waals surface area contributed by atoms with Crippen molar-refractivity contribution in [1.82, 2.24) is 5.32 Å². The lowest BCUT2D eigenvalue weighted by Gasteiger charge is -2.32. The van der Waals surface area contributed by atoms with Gasteiger partial charge in [0.05, 0.1) is 13.2 Å². The minimum Gasteiger partial charge on any atom is -0.468 e. The van der Waals surface area contributed by atoms with Crippen LogP contribution in [0.2, 0.25) is 0 Å². The van der Waals surface area contributed by atoms with Crippen LogP contribution in [-0.4, -0.2) is 25.7 Å². The van der Waals surface area contributed by atoms with Crippen LogP contribution in [0.4, 0.5) is 0 Å². The van der Waals surface area contributed by atoms with E-state index in [0.29, 0.717) is 12.6 Å². The Morgan fingerprint density at radius 2 is 2.14 bits per heavy atom.